The minimum absolute atomic E-state index is 0.201. The molecular weight excluding hydrogens is 414 g/mol. The second-order valence-corrected chi connectivity index (χ2v) is 7.60. The summed E-state index contributed by atoms with van der Waals surface area (Å²) in [6.07, 6.45) is 0. The van der Waals surface area contributed by atoms with Gasteiger partial charge in [0.15, 0.2) is 5.71 Å². The molecule has 0 unspecified atom stereocenters. The van der Waals surface area contributed by atoms with Crippen LogP contribution in [0.2, 0.25) is 0 Å². The number of hydrogen-bond acceptors (Lipinski definition) is 6. The molecule has 0 fully saturated rings. The average molecular weight is 435 g/mol. The molecule has 6 N–H and O–H groups in total. The van der Waals surface area contributed by atoms with E-state index in [0.29, 0.717) is 33.2 Å². The van der Waals surface area contributed by atoms with Gasteiger partial charge in [-0.1, -0.05) is 48.0 Å². The number of aliphatic carboxylic acids is 1. The number of carbonyl (C=O) groups is 1. The quantitative estimate of drug-likeness (QED) is 0.203. The van der Waals surface area contributed by atoms with Crippen LogP contribution in [0, 0.1) is 18.3 Å². The second-order valence-electron chi connectivity index (χ2n) is 7.60. The molecule has 0 saturated carbocycles. The van der Waals surface area contributed by atoms with Gasteiger partial charge in [0, 0.05) is 22.2 Å². The molecule has 0 aliphatic heterocycles. The Morgan fingerprint density at radius 3 is 2.36 bits per heavy atom. The monoisotopic (exact) mass is 435 g/mol. The van der Waals surface area contributed by atoms with E-state index >= 15 is 0 Å². The number of hydrogen-bond donors (Lipinski definition) is 4. The van der Waals surface area contributed by atoms with Gasteiger partial charge in [-0.3, -0.25) is 5.43 Å². The summed E-state index contributed by atoms with van der Waals surface area (Å²) >= 11 is 0. The standard InChI is InChI=1S/C26H21N5O2/c1-15-7-9-19(10-8-15)30-31-25(26(32)33)18-11-17-12-20(16-5-3-2-4-6-16)21(14-27)24(29)23(17)22(28)13-18/h2-13,30H,28-29H2,1H3,(H,32,33)/b31-25-. The first-order valence-electron chi connectivity index (χ1n) is 10.1. The molecule has 0 heterocycles. The van der Waals surface area contributed by atoms with E-state index in [1.165, 1.54) is 6.07 Å². The van der Waals surface area contributed by atoms with Gasteiger partial charge in [-0.25, -0.2) is 4.79 Å². The largest absolute Gasteiger partial charge is 0.476 e. The number of benzene rings is 4. The zero-order valence-electron chi connectivity index (χ0n) is 17.8. The first kappa shape index (κ1) is 21.4. The van der Waals surface area contributed by atoms with Crippen molar-refractivity contribution in [3.05, 3.63) is 89.5 Å². The van der Waals surface area contributed by atoms with E-state index < -0.39 is 5.97 Å². The van der Waals surface area contributed by atoms with Crippen molar-refractivity contribution in [1.82, 2.24) is 0 Å². The van der Waals surface area contributed by atoms with Crippen molar-refractivity contribution in [2.75, 3.05) is 16.9 Å². The van der Waals surface area contributed by atoms with Gasteiger partial charge in [0.1, 0.15) is 6.07 Å². The number of carboxylic acid groups (broad SMARTS) is 1. The summed E-state index contributed by atoms with van der Waals surface area (Å²) < 4.78 is 0. The molecule has 162 valence electrons. The molecule has 7 heteroatoms. The Hall–Kier alpha value is -4.83. The molecule has 0 aromatic heterocycles. The van der Waals surface area contributed by atoms with Crippen molar-refractivity contribution >= 4 is 39.5 Å². The maximum absolute atomic E-state index is 12.0. The Morgan fingerprint density at radius 1 is 1.03 bits per heavy atom. The van der Waals surface area contributed by atoms with Crippen LogP contribution in [0.5, 0.6) is 0 Å². The van der Waals surface area contributed by atoms with E-state index in [4.69, 9.17) is 11.5 Å². The molecule has 4 aromatic carbocycles. The number of aryl methyl sites for hydroxylation is 1. The van der Waals surface area contributed by atoms with Gasteiger partial charge in [0.05, 0.1) is 16.9 Å². The third-order valence-corrected chi connectivity index (χ3v) is 5.33. The third kappa shape index (κ3) is 4.18. The SMILES string of the molecule is Cc1ccc(N/N=C(\C(=O)O)c2cc(N)c3c(N)c(C#N)c(-c4ccccc4)cc3c2)cc1. The van der Waals surface area contributed by atoms with E-state index in [1.807, 2.05) is 61.5 Å². The van der Waals surface area contributed by atoms with Gasteiger partial charge in [-0.2, -0.15) is 10.4 Å². The van der Waals surface area contributed by atoms with Crippen molar-refractivity contribution in [1.29, 1.82) is 5.26 Å². The lowest BCUT2D eigenvalue weighted by atomic mass is 9.92. The maximum atomic E-state index is 12.0. The average Bonchev–Trinajstić information content (AvgIpc) is 2.80. The number of rotatable bonds is 5. The van der Waals surface area contributed by atoms with Crippen molar-refractivity contribution in [2.24, 2.45) is 5.10 Å². The number of nitriles is 1. The molecule has 0 spiro atoms. The van der Waals surface area contributed by atoms with Crippen LogP contribution in [0.3, 0.4) is 0 Å². The highest BCUT2D eigenvalue weighted by molar-refractivity contribution is 6.43. The Labute approximate surface area is 190 Å². The molecule has 7 nitrogen and oxygen atoms in total. The van der Waals surface area contributed by atoms with Crippen molar-refractivity contribution < 1.29 is 9.90 Å². The molecule has 0 bridgehead atoms. The fourth-order valence-corrected chi connectivity index (χ4v) is 3.70. The predicted octanol–water partition coefficient (Wildman–Crippen LogP) is 4.75. The van der Waals surface area contributed by atoms with Crippen LogP contribution in [0.15, 0.2) is 77.9 Å². The van der Waals surface area contributed by atoms with E-state index in [9.17, 15) is 15.2 Å². The molecule has 0 atom stereocenters. The topological polar surface area (TPSA) is 138 Å². The van der Waals surface area contributed by atoms with Crippen LogP contribution in [0.4, 0.5) is 17.1 Å². The first-order valence-corrected chi connectivity index (χ1v) is 10.1. The number of nitrogens with zero attached hydrogens (tertiary/aromatic N) is 2. The first-order chi connectivity index (χ1) is 15.9. The molecule has 0 saturated heterocycles. The van der Waals surface area contributed by atoms with Gasteiger partial charge >= 0.3 is 5.97 Å². The van der Waals surface area contributed by atoms with Crippen molar-refractivity contribution in [3.63, 3.8) is 0 Å². The number of carboxylic acids is 1. The minimum Gasteiger partial charge on any atom is -0.476 e. The maximum Gasteiger partial charge on any atom is 0.356 e. The predicted molar refractivity (Wildman–Crippen MR) is 132 cm³/mol. The summed E-state index contributed by atoms with van der Waals surface area (Å²) in [6, 6.07) is 23.9. The summed E-state index contributed by atoms with van der Waals surface area (Å²) in [5.74, 6) is -1.21. The molecule has 0 amide bonds. The van der Waals surface area contributed by atoms with Gasteiger partial charge in [0.25, 0.3) is 0 Å². The lowest BCUT2D eigenvalue weighted by molar-refractivity contribution is -0.129. The molecule has 4 aromatic rings. The second kappa shape index (κ2) is 8.73. The zero-order valence-corrected chi connectivity index (χ0v) is 17.8. The summed E-state index contributed by atoms with van der Waals surface area (Å²) in [5.41, 5.74) is 19.5. The normalized spacial score (nSPS) is 11.2. The summed E-state index contributed by atoms with van der Waals surface area (Å²) in [7, 11) is 0. The fourth-order valence-electron chi connectivity index (χ4n) is 3.70. The van der Waals surface area contributed by atoms with Crippen LogP contribution < -0.4 is 16.9 Å². The Kier molecular flexibility index (Phi) is 5.66. The van der Waals surface area contributed by atoms with Crippen LogP contribution in [0.1, 0.15) is 16.7 Å². The highest BCUT2D eigenvalue weighted by Gasteiger charge is 2.19. The van der Waals surface area contributed by atoms with E-state index in [1.54, 1.807) is 12.1 Å². The van der Waals surface area contributed by atoms with Crippen LogP contribution in [-0.4, -0.2) is 16.8 Å². The smallest absolute Gasteiger partial charge is 0.356 e. The highest BCUT2D eigenvalue weighted by atomic mass is 16.4. The van der Waals surface area contributed by atoms with E-state index in [2.05, 4.69) is 16.6 Å². The Bertz CT molecular complexity index is 1440. The van der Waals surface area contributed by atoms with Crippen LogP contribution >= 0.6 is 0 Å². The highest BCUT2D eigenvalue weighted by Crippen LogP contribution is 2.37. The lowest BCUT2D eigenvalue weighted by Crippen LogP contribution is -2.17. The summed E-state index contributed by atoms with van der Waals surface area (Å²) in [4.78, 5) is 12.0. The molecule has 33 heavy (non-hydrogen) atoms. The van der Waals surface area contributed by atoms with Crippen LogP contribution in [-0.2, 0) is 4.79 Å². The Balaban J connectivity index is 1.87. The molecule has 0 radical (unpaired) electrons. The van der Waals surface area contributed by atoms with Crippen molar-refractivity contribution in [2.45, 2.75) is 6.92 Å². The fraction of sp³-hybridized carbons (Fsp3) is 0.0385. The van der Waals surface area contributed by atoms with Gasteiger partial charge < -0.3 is 16.6 Å². The number of hydrazone groups is 1. The van der Waals surface area contributed by atoms with Crippen LogP contribution in [0.25, 0.3) is 21.9 Å². The molecule has 4 rings (SSSR count). The number of anilines is 3. The third-order valence-electron chi connectivity index (χ3n) is 5.33. The molecule has 0 aliphatic rings. The number of nitrogens with two attached hydrogens (primary N) is 2. The van der Waals surface area contributed by atoms with Gasteiger partial charge in [0.2, 0.25) is 0 Å². The lowest BCUT2D eigenvalue weighted by Gasteiger charge is -2.14. The zero-order chi connectivity index (χ0) is 23.5. The van der Waals surface area contributed by atoms with E-state index in [0.717, 1.165) is 11.1 Å². The van der Waals surface area contributed by atoms with Crippen molar-refractivity contribution in [3.8, 4) is 17.2 Å². The number of fused-ring (bicyclic) bond motifs is 1. The van der Waals surface area contributed by atoms with E-state index in [-0.39, 0.29) is 17.1 Å². The summed E-state index contributed by atoms with van der Waals surface area (Å²) in [5, 5.41) is 24.8. The van der Waals surface area contributed by atoms with Gasteiger partial charge in [-0.15, -0.1) is 0 Å². The molecular formula is C26H21N5O2. The number of nitrogens with one attached hydrogen (secondary N) is 1. The minimum atomic E-state index is -1.21. The number of nitrogen functional groups attached to an aromatic ring is 2. The Morgan fingerprint density at radius 2 is 1.73 bits per heavy atom. The molecule has 0 aliphatic carbocycles. The summed E-state index contributed by atoms with van der Waals surface area (Å²) in [6.45, 7) is 1.96. The van der Waals surface area contributed by atoms with Gasteiger partial charge in [-0.05, 0) is 48.2 Å².